The van der Waals surface area contributed by atoms with Crippen molar-refractivity contribution in [1.29, 1.82) is 0 Å². The summed E-state index contributed by atoms with van der Waals surface area (Å²) in [4.78, 5) is 16.1. The molecule has 1 aromatic heterocycles. The van der Waals surface area contributed by atoms with Crippen LogP contribution in [-0.2, 0) is 6.54 Å². The molecular formula is C15H18ClN3O2. The molecule has 3 N–H and O–H groups in total. The van der Waals surface area contributed by atoms with E-state index in [9.17, 15) is 4.79 Å². The zero-order valence-electron chi connectivity index (χ0n) is 11.8. The zero-order valence-corrected chi connectivity index (χ0v) is 12.6. The summed E-state index contributed by atoms with van der Waals surface area (Å²) in [5.41, 5.74) is 7.10. The summed E-state index contributed by atoms with van der Waals surface area (Å²) in [6.45, 7) is 2.43. The number of halogens is 1. The molecule has 1 amide bonds. The predicted molar refractivity (Wildman–Crippen MR) is 81.0 cm³/mol. The van der Waals surface area contributed by atoms with Crippen LogP contribution in [-0.4, -0.2) is 10.9 Å². The lowest BCUT2D eigenvalue weighted by Gasteiger charge is -2.04. The number of carbonyl (C=O) groups is 1. The molecule has 112 valence electrons. The van der Waals surface area contributed by atoms with E-state index in [-0.39, 0.29) is 17.6 Å². The fraction of sp³-hybridized carbons (Fsp3) is 0.333. The van der Waals surface area contributed by atoms with Gasteiger partial charge in [-0.05, 0) is 24.1 Å². The summed E-state index contributed by atoms with van der Waals surface area (Å²) in [7, 11) is 0. The average Bonchev–Trinajstić information content (AvgIpc) is 2.96. The first kappa shape index (κ1) is 15.5. The van der Waals surface area contributed by atoms with Gasteiger partial charge in [-0.3, -0.25) is 4.79 Å². The van der Waals surface area contributed by atoms with Crippen LogP contribution in [0, 0.1) is 0 Å². The van der Waals surface area contributed by atoms with Crippen LogP contribution in [0.25, 0.3) is 0 Å². The Bertz CT molecular complexity index is 595. The van der Waals surface area contributed by atoms with Crippen molar-refractivity contribution >= 4 is 17.5 Å². The fourth-order valence-electron chi connectivity index (χ4n) is 1.87. The van der Waals surface area contributed by atoms with E-state index in [1.54, 1.807) is 12.1 Å². The Hall–Kier alpha value is -1.85. The molecule has 0 spiro atoms. The molecule has 0 saturated heterocycles. The lowest BCUT2D eigenvalue weighted by molar-refractivity contribution is 0.0946. The Morgan fingerprint density at radius 1 is 1.43 bits per heavy atom. The molecule has 0 aliphatic carbocycles. The highest BCUT2D eigenvalue weighted by molar-refractivity contribution is 6.30. The molecular weight excluding hydrogens is 290 g/mol. The van der Waals surface area contributed by atoms with Gasteiger partial charge in [-0.1, -0.05) is 37.1 Å². The lowest BCUT2D eigenvalue weighted by atomic mass is 10.2. The highest BCUT2D eigenvalue weighted by Gasteiger charge is 2.16. The van der Waals surface area contributed by atoms with Crippen LogP contribution in [0.3, 0.4) is 0 Å². The maximum atomic E-state index is 12.0. The summed E-state index contributed by atoms with van der Waals surface area (Å²) in [6, 6.07) is 7.00. The number of aromatic nitrogens is 1. The number of hydrogen-bond donors (Lipinski definition) is 2. The first-order chi connectivity index (χ1) is 10.1. The van der Waals surface area contributed by atoms with Gasteiger partial charge in [0.25, 0.3) is 5.91 Å². The predicted octanol–water partition coefficient (Wildman–Crippen LogP) is 3.06. The maximum absolute atomic E-state index is 12.0. The summed E-state index contributed by atoms with van der Waals surface area (Å²) < 4.78 is 5.25. The van der Waals surface area contributed by atoms with Crippen molar-refractivity contribution in [2.24, 2.45) is 5.73 Å². The number of nitrogens with one attached hydrogen (secondary N) is 1. The van der Waals surface area contributed by atoms with Crippen LogP contribution in [0.2, 0.25) is 5.02 Å². The Balaban J connectivity index is 1.93. The van der Waals surface area contributed by atoms with Crippen molar-refractivity contribution in [2.75, 3.05) is 0 Å². The van der Waals surface area contributed by atoms with Crippen molar-refractivity contribution in [3.63, 3.8) is 0 Å². The van der Waals surface area contributed by atoms with Crippen LogP contribution in [0.15, 0.2) is 34.9 Å². The highest BCUT2D eigenvalue weighted by Crippen LogP contribution is 2.15. The minimum absolute atomic E-state index is 0.241. The largest absolute Gasteiger partial charge is 0.446 e. The summed E-state index contributed by atoms with van der Waals surface area (Å²) in [5, 5.41) is 3.44. The van der Waals surface area contributed by atoms with E-state index in [0.29, 0.717) is 17.5 Å². The van der Waals surface area contributed by atoms with E-state index in [0.717, 1.165) is 18.4 Å². The number of nitrogens with zero attached hydrogens (tertiary/aromatic N) is 1. The molecule has 1 atom stereocenters. The van der Waals surface area contributed by atoms with E-state index < -0.39 is 0 Å². The third kappa shape index (κ3) is 4.31. The van der Waals surface area contributed by atoms with Crippen molar-refractivity contribution in [3.05, 3.63) is 52.7 Å². The van der Waals surface area contributed by atoms with Crippen LogP contribution < -0.4 is 11.1 Å². The van der Waals surface area contributed by atoms with E-state index in [2.05, 4.69) is 10.3 Å². The fourth-order valence-corrected chi connectivity index (χ4v) is 2.00. The third-order valence-electron chi connectivity index (χ3n) is 3.04. The topological polar surface area (TPSA) is 81.1 Å². The first-order valence-electron chi connectivity index (χ1n) is 6.83. The summed E-state index contributed by atoms with van der Waals surface area (Å²) >= 11 is 5.81. The second-order valence-electron chi connectivity index (χ2n) is 4.78. The van der Waals surface area contributed by atoms with Gasteiger partial charge in [-0.2, -0.15) is 0 Å². The molecule has 0 aliphatic rings. The van der Waals surface area contributed by atoms with Crippen molar-refractivity contribution < 1.29 is 9.21 Å². The highest BCUT2D eigenvalue weighted by atomic mass is 35.5. The molecule has 1 aromatic carbocycles. The third-order valence-corrected chi connectivity index (χ3v) is 3.29. The number of hydrogen-bond acceptors (Lipinski definition) is 4. The Kier molecular flexibility index (Phi) is 5.36. The molecule has 0 fully saturated rings. The molecule has 5 nitrogen and oxygen atoms in total. The molecule has 0 radical (unpaired) electrons. The maximum Gasteiger partial charge on any atom is 0.273 e. The second-order valence-corrected chi connectivity index (χ2v) is 5.21. The molecule has 21 heavy (non-hydrogen) atoms. The van der Waals surface area contributed by atoms with Gasteiger partial charge in [0.2, 0.25) is 5.89 Å². The lowest BCUT2D eigenvalue weighted by Crippen LogP contribution is -2.23. The molecule has 6 heteroatoms. The number of oxazole rings is 1. The molecule has 2 rings (SSSR count). The van der Waals surface area contributed by atoms with E-state index in [4.69, 9.17) is 21.8 Å². The standard InChI is InChI=1S/C15H18ClN3O2/c1-2-3-12(17)15-19-13(9-21-15)14(20)18-8-10-4-6-11(16)7-5-10/h4-7,9,12H,2-3,8,17H2,1H3,(H,18,20). The molecule has 0 saturated carbocycles. The second kappa shape index (κ2) is 7.24. The summed E-state index contributed by atoms with van der Waals surface area (Å²) in [5.74, 6) is 0.108. The number of nitrogens with two attached hydrogens (primary N) is 1. The van der Waals surface area contributed by atoms with Gasteiger partial charge in [0, 0.05) is 11.6 Å². The normalized spacial score (nSPS) is 12.1. The number of rotatable bonds is 6. The smallest absolute Gasteiger partial charge is 0.273 e. The molecule has 0 bridgehead atoms. The van der Waals surface area contributed by atoms with Gasteiger partial charge in [0.05, 0.1) is 6.04 Å². The molecule has 1 heterocycles. The molecule has 1 unspecified atom stereocenters. The number of amides is 1. The van der Waals surface area contributed by atoms with Crippen LogP contribution in [0.4, 0.5) is 0 Å². The van der Waals surface area contributed by atoms with Gasteiger partial charge in [0.15, 0.2) is 5.69 Å². The Labute approximate surface area is 128 Å². The van der Waals surface area contributed by atoms with Crippen molar-refractivity contribution in [3.8, 4) is 0 Å². The van der Waals surface area contributed by atoms with Gasteiger partial charge in [-0.25, -0.2) is 4.98 Å². The van der Waals surface area contributed by atoms with Crippen molar-refractivity contribution in [2.45, 2.75) is 32.4 Å². The number of carbonyl (C=O) groups excluding carboxylic acids is 1. The minimum Gasteiger partial charge on any atom is -0.446 e. The van der Waals surface area contributed by atoms with E-state index in [1.807, 2.05) is 19.1 Å². The quantitative estimate of drug-likeness (QED) is 0.859. The number of benzene rings is 1. The Morgan fingerprint density at radius 2 is 2.14 bits per heavy atom. The van der Waals surface area contributed by atoms with Crippen LogP contribution in [0.5, 0.6) is 0 Å². The zero-order chi connectivity index (χ0) is 15.2. The first-order valence-corrected chi connectivity index (χ1v) is 7.21. The Morgan fingerprint density at radius 3 is 2.81 bits per heavy atom. The van der Waals surface area contributed by atoms with Gasteiger partial charge in [0.1, 0.15) is 6.26 Å². The van der Waals surface area contributed by atoms with E-state index in [1.165, 1.54) is 6.26 Å². The van der Waals surface area contributed by atoms with Gasteiger partial charge >= 0.3 is 0 Å². The van der Waals surface area contributed by atoms with E-state index >= 15 is 0 Å². The van der Waals surface area contributed by atoms with Crippen LogP contribution in [0.1, 0.15) is 47.7 Å². The summed E-state index contributed by atoms with van der Waals surface area (Å²) in [6.07, 6.45) is 3.04. The van der Waals surface area contributed by atoms with Crippen LogP contribution >= 0.6 is 11.6 Å². The molecule has 0 aliphatic heterocycles. The van der Waals surface area contributed by atoms with Crippen molar-refractivity contribution in [1.82, 2.24) is 10.3 Å². The van der Waals surface area contributed by atoms with Gasteiger partial charge in [-0.15, -0.1) is 0 Å². The minimum atomic E-state index is -0.288. The molecule has 2 aromatic rings. The average molecular weight is 308 g/mol. The van der Waals surface area contributed by atoms with Gasteiger partial charge < -0.3 is 15.5 Å². The monoisotopic (exact) mass is 307 g/mol. The SMILES string of the molecule is CCCC(N)c1nc(C(=O)NCc2ccc(Cl)cc2)co1.